The molecule has 0 fully saturated rings. The van der Waals surface area contributed by atoms with Crippen molar-refractivity contribution in [3.63, 3.8) is 0 Å². The number of nitrogens with zero attached hydrogens (tertiary/aromatic N) is 2. The Balaban J connectivity index is 1.09. The average Bonchev–Trinajstić information content (AvgIpc) is 3.32. The van der Waals surface area contributed by atoms with Crippen LogP contribution in [0.25, 0.3) is 86.9 Å². The van der Waals surface area contributed by atoms with Gasteiger partial charge in [-0.3, -0.25) is 0 Å². The Kier molecular flexibility index (Phi) is 6.73. The van der Waals surface area contributed by atoms with Crippen molar-refractivity contribution in [3.8, 4) is 34.4 Å². The van der Waals surface area contributed by atoms with Crippen molar-refractivity contribution in [2.75, 3.05) is 0 Å². The van der Waals surface area contributed by atoms with Gasteiger partial charge in [0.05, 0.1) is 23.3 Å². The molecule has 3 aliphatic rings. The summed E-state index contributed by atoms with van der Waals surface area (Å²) in [4.78, 5) is 0. The zero-order valence-electron chi connectivity index (χ0n) is 32.4. The molecule has 0 heterocycles. The lowest BCUT2D eigenvalue weighted by Gasteiger charge is -2.43. The van der Waals surface area contributed by atoms with Crippen LogP contribution in [0.3, 0.4) is 0 Å². The first-order chi connectivity index (χ1) is 29.7. The summed E-state index contributed by atoms with van der Waals surface area (Å²) < 4.78 is 0. The summed E-state index contributed by atoms with van der Waals surface area (Å²) in [5.74, 6) is -0.178. The first-order valence-electron chi connectivity index (χ1n) is 20.6. The third-order valence-corrected chi connectivity index (χ3v) is 13.7. The zero-order chi connectivity index (χ0) is 39.6. The second-order valence-electron chi connectivity index (χ2n) is 16.4. The Morgan fingerprint density at radius 1 is 0.267 bits per heavy atom. The maximum absolute atomic E-state index is 11.0. The highest BCUT2D eigenvalue weighted by molar-refractivity contribution is 6.29. The van der Waals surface area contributed by atoms with E-state index in [1.165, 1.54) is 86.9 Å². The highest BCUT2D eigenvalue weighted by atomic mass is 14.5. The molecule has 2 nitrogen and oxygen atoms in total. The number of hydrogen-bond acceptors (Lipinski definition) is 2. The summed E-state index contributed by atoms with van der Waals surface area (Å²) in [6.07, 6.45) is 0. The van der Waals surface area contributed by atoms with Crippen LogP contribution in [-0.4, -0.2) is 0 Å². The van der Waals surface area contributed by atoms with E-state index in [0.717, 1.165) is 33.4 Å². The minimum atomic E-state index is -0.104. The van der Waals surface area contributed by atoms with Crippen LogP contribution in [-0.2, 0) is 0 Å². The van der Waals surface area contributed by atoms with Crippen molar-refractivity contribution >= 4 is 64.6 Å². The molecule has 0 aliphatic heterocycles. The topological polar surface area (TPSA) is 47.6 Å². The van der Waals surface area contributed by atoms with Crippen LogP contribution in [0.5, 0.6) is 0 Å². The van der Waals surface area contributed by atoms with E-state index in [1.807, 2.05) is 0 Å². The lowest BCUT2D eigenvalue weighted by molar-refractivity contribution is 0.754. The molecule has 3 aliphatic carbocycles. The minimum Gasteiger partial charge on any atom is -0.192 e. The third kappa shape index (κ3) is 4.30. The fourth-order valence-corrected chi connectivity index (χ4v) is 11.3. The fourth-order valence-electron chi connectivity index (χ4n) is 11.3. The van der Waals surface area contributed by atoms with Crippen molar-refractivity contribution in [2.45, 2.75) is 11.8 Å². The summed E-state index contributed by atoms with van der Waals surface area (Å²) in [5.41, 5.74) is 12.7. The second kappa shape index (κ2) is 12.2. The van der Waals surface area contributed by atoms with E-state index >= 15 is 0 Å². The number of fused-ring (bicyclic) bond motifs is 12. The molecule has 0 radical (unpaired) electrons. The second-order valence-corrected chi connectivity index (χ2v) is 16.4. The van der Waals surface area contributed by atoms with E-state index in [9.17, 15) is 10.5 Å². The average molecular weight is 757 g/mol. The van der Waals surface area contributed by atoms with Gasteiger partial charge in [-0.1, -0.05) is 158 Å². The summed E-state index contributed by atoms with van der Waals surface area (Å²) in [7, 11) is 0. The third-order valence-electron chi connectivity index (χ3n) is 13.7. The van der Waals surface area contributed by atoms with Crippen LogP contribution in [0.15, 0.2) is 182 Å². The zero-order valence-corrected chi connectivity index (χ0v) is 32.4. The predicted molar refractivity (Wildman–Crippen MR) is 247 cm³/mol. The van der Waals surface area contributed by atoms with Gasteiger partial charge in [0.1, 0.15) is 0 Å². The molecule has 11 aromatic carbocycles. The van der Waals surface area contributed by atoms with Crippen LogP contribution < -0.4 is 0 Å². The van der Waals surface area contributed by atoms with Crippen molar-refractivity contribution in [3.05, 3.63) is 226 Å². The minimum absolute atomic E-state index is 0.0747. The van der Waals surface area contributed by atoms with Gasteiger partial charge in [-0.05, 0) is 133 Å². The molecule has 274 valence electrons. The molecule has 2 heteroatoms. The summed E-state index contributed by atoms with van der Waals surface area (Å²) in [6, 6.07) is 70.8. The van der Waals surface area contributed by atoms with Crippen molar-refractivity contribution in [1.29, 1.82) is 10.5 Å². The molecule has 0 saturated carbocycles. The Morgan fingerprint density at radius 3 is 0.900 bits per heavy atom. The van der Waals surface area contributed by atoms with Crippen LogP contribution in [0.4, 0.5) is 0 Å². The van der Waals surface area contributed by atoms with E-state index in [0.29, 0.717) is 11.1 Å². The fraction of sp³-hybridized carbons (Fsp3) is 0.0345. The maximum Gasteiger partial charge on any atom is 0.0998 e. The molecule has 60 heavy (non-hydrogen) atoms. The first kappa shape index (κ1) is 33.0. The lowest BCUT2D eigenvalue weighted by Crippen LogP contribution is -2.28. The Morgan fingerprint density at radius 2 is 0.550 bits per heavy atom. The normalized spacial score (nSPS) is 15.0. The van der Waals surface area contributed by atoms with Crippen LogP contribution in [0.2, 0.25) is 0 Å². The van der Waals surface area contributed by atoms with Crippen LogP contribution in [0.1, 0.15) is 56.3 Å². The summed E-state index contributed by atoms with van der Waals surface area (Å²) in [6.45, 7) is 0. The number of nitriles is 2. The quantitative estimate of drug-likeness (QED) is 0.165. The predicted octanol–water partition coefficient (Wildman–Crippen LogP) is 14.7. The monoisotopic (exact) mass is 756 g/mol. The highest BCUT2D eigenvalue weighted by Gasteiger charge is 2.42. The molecule has 0 spiro atoms. The molecule has 0 N–H and O–H groups in total. The molecular formula is C58H32N2. The number of benzene rings is 11. The summed E-state index contributed by atoms with van der Waals surface area (Å²) in [5, 5.41) is 36.3. The van der Waals surface area contributed by atoms with Gasteiger partial charge in [-0.2, -0.15) is 10.5 Å². The lowest BCUT2D eigenvalue weighted by atomic mass is 9.60. The summed E-state index contributed by atoms with van der Waals surface area (Å²) >= 11 is 0. The smallest absolute Gasteiger partial charge is 0.0998 e. The molecule has 0 amide bonds. The van der Waals surface area contributed by atoms with Gasteiger partial charge in [0, 0.05) is 23.0 Å². The molecule has 0 unspecified atom stereocenters. The molecule has 14 rings (SSSR count). The van der Waals surface area contributed by atoms with Crippen LogP contribution in [0, 0.1) is 22.7 Å². The number of hydrogen-bond donors (Lipinski definition) is 0. The molecule has 0 aromatic heterocycles. The van der Waals surface area contributed by atoms with Crippen molar-refractivity contribution in [2.24, 2.45) is 0 Å². The van der Waals surface area contributed by atoms with E-state index in [4.69, 9.17) is 0 Å². The van der Waals surface area contributed by atoms with Gasteiger partial charge in [-0.25, -0.2) is 0 Å². The largest absolute Gasteiger partial charge is 0.192 e. The SMILES string of the molecule is N#Cc1cc2c(cc1-c1cccc3c4ccccc4c4ccccc4c13)C1c3ccccc3C2c2cc(C#N)c(-c3cccc4c5ccccc5c5ccccc5c34)cc21. The van der Waals surface area contributed by atoms with Gasteiger partial charge < -0.3 is 0 Å². The van der Waals surface area contributed by atoms with Gasteiger partial charge in [0.15, 0.2) is 0 Å². The highest BCUT2D eigenvalue weighted by Crippen LogP contribution is 2.58. The van der Waals surface area contributed by atoms with Crippen molar-refractivity contribution in [1.82, 2.24) is 0 Å². The maximum atomic E-state index is 11.0. The molecule has 0 atom stereocenters. The van der Waals surface area contributed by atoms with Crippen LogP contribution >= 0.6 is 0 Å². The van der Waals surface area contributed by atoms with Gasteiger partial charge in [-0.15, -0.1) is 0 Å². The first-order valence-corrected chi connectivity index (χ1v) is 20.6. The van der Waals surface area contributed by atoms with E-state index in [1.54, 1.807) is 0 Å². The van der Waals surface area contributed by atoms with E-state index in [2.05, 4.69) is 194 Å². The van der Waals surface area contributed by atoms with Gasteiger partial charge in [0.25, 0.3) is 0 Å². The molecule has 11 aromatic rings. The van der Waals surface area contributed by atoms with E-state index in [-0.39, 0.29) is 11.8 Å². The molecular weight excluding hydrogens is 725 g/mol. The van der Waals surface area contributed by atoms with Crippen molar-refractivity contribution < 1.29 is 0 Å². The van der Waals surface area contributed by atoms with Gasteiger partial charge in [0.2, 0.25) is 0 Å². The Bertz CT molecular complexity index is 3500. The number of rotatable bonds is 2. The Labute approximate surface area is 346 Å². The van der Waals surface area contributed by atoms with Gasteiger partial charge >= 0.3 is 0 Å². The molecule has 2 bridgehead atoms. The Hall–Kier alpha value is -8.04. The molecule has 0 saturated heterocycles. The standard InChI is InChI=1S/C58H32N2/c59-31-33-27-51-53(29-49(33)47-25-11-23-43-39-15-3-1-13-35(39)37-17-5-7-19-41(37)55(43)47)58-46-22-10-9-21-45(46)57(51)52-28-34(32-60)50(30-54(52)58)48-26-12-24-44-40-16-4-2-14-36(40)38-18-6-8-20-42(38)56(44)48/h1-30,57-58H. The van der Waals surface area contributed by atoms with E-state index < -0.39 is 0 Å².